The van der Waals surface area contributed by atoms with Gasteiger partial charge in [-0.2, -0.15) is 17.6 Å². The largest absolute Gasteiger partial charge is 0.503 e. The van der Waals surface area contributed by atoms with Crippen LogP contribution in [0.4, 0.5) is 17.6 Å². The van der Waals surface area contributed by atoms with Crippen LogP contribution >= 0.6 is 23.2 Å². The van der Waals surface area contributed by atoms with Gasteiger partial charge in [-0.25, -0.2) is 14.6 Å². The fourth-order valence-electron chi connectivity index (χ4n) is 3.98. The van der Waals surface area contributed by atoms with Gasteiger partial charge >= 0.3 is 24.5 Å². The Kier molecular flexibility index (Phi) is 14.9. The molecule has 0 aliphatic carbocycles. The number of para-hydroxylation sites is 1. The Bertz CT molecular complexity index is 1850. The van der Waals surface area contributed by atoms with Crippen LogP contribution in [0.5, 0.6) is 28.9 Å². The van der Waals surface area contributed by atoms with Crippen molar-refractivity contribution in [2.24, 2.45) is 0 Å². The molecular formula is C35H29Cl2F4NO9. The number of nitrogens with zero attached hydrogens (tertiary/aromatic N) is 1. The minimum atomic E-state index is -4.64. The fraction of sp³-hybridized carbons (Fsp3) is 0.171. The standard InChI is InChI=1S/C19H16F4O5.C16H13Cl2NO4/c1-25-11-15(17(24)26-2)14-8-3-4-9-16(14)27-12-6-5-7-13(10-12)28-19(22,23)18(20)21;1-21-9-14(16(20)22-2)13-4-3-5-19-15(13)23-12-7-10(17)6-11(18)8-12/h3-11,18H,1-2H3;3-9H,1-2H3/b15-11+;14-9+. The third kappa shape index (κ3) is 11.5. The zero-order chi connectivity index (χ0) is 37.6. The highest BCUT2D eigenvalue weighted by atomic mass is 35.5. The smallest absolute Gasteiger partial charge is 0.461 e. The molecule has 0 bridgehead atoms. The number of carbonyl (C=O) groups is 2. The van der Waals surface area contributed by atoms with Gasteiger partial charge in [-0.05, 0) is 48.5 Å². The van der Waals surface area contributed by atoms with Gasteiger partial charge in [0.1, 0.15) is 34.1 Å². The number of ether oxygens (including phenoxy) is 7. The molecular weight excluding hydrogens is 725 g/mol. The molecule has 1 aromatic heterocycles. The van der Waals surface area contributed by atoms with Gasteiger partial charge in [-0.3, -0.25) is 0 Å². The lowest BCUT2D eigenvalue weighted by Crippen LogP contribution is -2.33. The van der Waals surface area contributed by atoms with Gasteiger partial charge in [0.25, 0.3) is 0 Å². The summed E-state index contributed by atoms with van der Waals surface area (Å²) in [5.41, 5.74) is 0.946. The van der Waals surface area contributed by atoms with Gasteiger partial charge in [0, 0.05) is 27.9 Å². The number of aromatic nitrogens is 1. The Morgan fingerprint density at radius 3 is 1.86 bits per heavy atom. The summed E-state index contributed by atoms with van der Waals surface area (Å²) in [7, 11) is 5.24. The Morgan fingerprint density at radius 1 is 0.706 bits per heavy atom. The number of hydrogen-bond donors (Lipinski definition) is 0. The van der Waals surface area contributed by atoms with Gasteiger partial charge in [0.2, 0.25) is 5.88 Å². The molecule has 0 radical (unpaired) electrons. The first kappa shape index (κ1) is 40.0. The molecule has 0 unspecified atom stereocenters. The second-order valence-electron chi connectivity index (χ2n) is 9.62. The van der Waals surface area contributed by atoms with Crippen molar-refractivity contribution in [3.8, 4) is 28.9 Å². The van der Waals surface area contributed by atoms with Gasteiger partial charge in [-0.1, -0.05) is 47.5 Å². The van der Waals surface area contributed by atoms with E-state index in [1.165, 1.54) is 59.1 Å². The fourth-order valence-corrected chi connectivity index (χ4v) is 4.49. The summed E-state index contributed by atoms with van der Waals surface area (Å²) in [6.07, 6.45) is -4.67. The van der Waals surface area contributed by atoms with Crippen molar-refractivity contribution in [1.29, 1.82) is 0 Å². The van der Waals surface area contributed by atoms with E-state index in [0.29, 0.717) is 26.9 Å². The number of carbonyl (C=O) groups excluding carboxylic acids is 2. The Balaban J connectivity index is 0.000000281. The highest BCUT2D eigenvalue weighted by Crippen LogP contribution is 2.35. The van der Waals surface area contributed by atoms with Gasteiger partial charge < -0.3 is 33.2 Å². The normalized spacial score (nSPS) is 11.5. The summed E-state index contributed by atoms with van der Waals surface area (Å²) in [6.45, 7) is 0. The molecule has 4 rings (SSSR count). The maximum Gasteiger partial charge on any atom is 0.461 e. The van der Waals surface area contributed by atoms with Crippen LogP contribution in [0.2, 0.25) is 10.0 Å². The second-order valence-corrected chi connectivity index (χ2v) is 10.5. The molecule has 270 valence electrons. The maximum absolute atomic E-state index is 13.1. The maximum atomic E-state index is 13.1. The van der Waals surface area contributed by atoms with E-state index in [1.54, 1.807) is 48.5 Å². The number of benzene rings is 3. The number of alkyl halides is 4. The van der Waals surface area contributed by atoms with Crippen molar-refractivity contribution in [3.63, 3.8) is 0 Å². The summed E-state index contributed by atoms with van der Waals surface area (Å²) in [5, 5.41) is 0.844. The highest BCUT2D eigenvalue weighted by Gasteiger charge is 2.44. The van der Waals surface area contributed by atoms with Crippen LogP contribution in [0.25, 0.3) is 11.1 Å². The number of halogens is 6. The minimum absolute atomic E-state index is 0.0247. The number of esters is 2. The van der Waals surface area contributed by atoms with Crippen LogP contribution in [-0.2, 0) is 28.5 Å². The number of pyridine rings is 1. The summed E-state index contributed by atoms with van der Waals surface area (Å²) >= 11 is 11.9. The molecule has 0 atom stereocenters. The molecule has 0 aliphatic rings. The zero-order valence-electron chi connectivity index (χ0n) is 27.2. The molecule has 3 aromatic carbocycles. The number of hydrogen-bond acceptors (Lipinski definition) is 10. The quantitative estimate of drug-likeness (QED) is 0.0567. The number of rotatable bonds is 13. The van der Waals surface area contributed by atoms with Crippen molar-refractivity contribution in [2.45, 2.75) is 12.5 Å². The van der Waals surface area contributed by atoms with Crippen molar-refractivity contribution < 1.29 is 60.3 Å². The first-order chi connectivity index (χ1) is 24.3. The molecule has 0 N–H and O–H groups in total. The van der Waals surface area contributed by atoms with Crippen molar-refractivity contribution in [1.82, 2.24) is 4.98 Å². The molecule has 16 heteroatoms. The van der Waals surface area contributed by atoms with Crippen LogP contribution in [0, 0.1) is 0 Å². The monoisotopic (exact) mass is 753 g/mol. The Morgan fingerprint density at radius 2 is 1.27 bits per heavy atom. The van der Waals surface area contributed by atoms with E-state index in [4.69, 9.17) is 51.6 Å². The topological polar surface area (TPSA) is 112 Å². The lowest BCUT2D eigenvalue weighted by atomic mass is 10.1. The van der Waals surface area contributed by atoms with Gasteiger partial charge in [0.15, 0.2) is 0 Å². The first-order valence-corrected chi connectivity index (χ1v) is 15.0. The molecule has 1 heterocycles. The van der Waals surface area contributed by atoms with E-state index < -0.39 is 30.2 Å². The summed E-state index contributed by atoms with van der Waals surface area (Å²) < 4.78 is 85.4. The van der Waals surface area contributed by atoms with Crippen molar-refractivity contribution >= 4 is 46.3 Å². The summed E-state index contributed by atoms with van der Waals surface area (Å²) in [6, 6.07) is 19.2. The van der Waals surface area contributed by atoms with Crippen LogP contribution in [0.3, 0.4) is 0 Å². The molecule has 0 spiro atoms. The van der Waals surface area contributed by atoms with Crippen LogP contribution in [0.1, 0.15) is 11.1 Å². The Hall–Kier alpha value is -5.47. The molecule has 0 amide bonds. The minimum Gasteiger partial charge on any atom is -0.503 e. The predicted octanol–water partition coefficient (Wildman–Crippen LogP) is 9.22. The lowest BCUT2D eigenvalue weighted by Gasteiger charge is -2.17. The SMILES string of the molecule is CO/C=C(/C(=O)OC)c1ccccc1Oc1cccc(OC(F)(F)C(F)F)c1.CO/C=C(/C(=O)OC)c1cccnc1Oc1cc(Cl)cc(Cl)c1. The molecule has 4 aromatic rings. The number of methoxy groups -OCH3 is 4. The van der Waals surface area contributed by atoms with Crippen molar-refractivity contribution in [3.05, 3.63) is 119 Å². The second kappa shape index (κ2) is 19.1. The summed E-state index contributed by atoms with van der Waals surface area (Å²) in [5.74, 6) is -0.990. The van der Waals surface area contributed by atoms with E-state index in [2.05, 4.69) is 9.72 Å². The van der Waals surface area contributed by atoms with Crippen LogP contribution in [0.15, 0.2) is 97.6 Å². The molecule has 10 nitrogen and oxygen atoms in total. The average Bonchev–Trinajstić information content (AvgIpc) is 3.09. The first-order valence-electron chi connectivity index (χ1n) is 14.3. The molecule has 51 heavy (non-hydrogen) atoms. The molecule has 0 saturated heterocycles. The predicted molar refractivity (Wildman–Crippen MR) is 179 cm³/mol. The van der Waals surface area contributed by atoms with E-state index >= 15 is 0 Å². The highest BCUT2D eigenvalue weighted by molar-refractivity contribution is 6.34. The third-order valence-electron chi connectivity index (χ3n) is 6.11. The molecule has 0 fully saturated rings. The zero-order valence-corrected chi connectivity index (χ0v) is 28.7. The molecule has 0 aliphatic heterocycles. The molecule has 0 saturated carbocycles. The summed E-state index contributed by atoms with van der Waals surface area (Å²) in [4.78, 5) is 28.0. The Labute approximate surface area is 299 Å². The van der Waals surface area contributed by atoms with Crippen LogP contribution in [-0.4, -0.2) is 57.9 Å². The van der Waals surface area contributed by atoms with E-state index in [1.807, 2.05) is 0 Å². The van der Waals surface area contributed by atoms with E-state index in [9.17, 15) is 27.2 Å². The van der Waals surface area contributed by atoms with Gasteiger partial charge in [0.05, 0.1) is 46.5 Å². The third-order valence-corrected chi connectivity index (χ3v) is 6.55. The van der Waals surface area contributed by atoms with Crippen LogP contribution < -0.4 is 14.2 Å². The van der Waals surface area contributed by atoms with Crippen molar-refractivity contribution in [2.75, 3.05) is 28.4 Å². The average molecular weight is 755 g/mol. The van der Waals surface area contributed by atoms with E-state index in [0.717, 1.165) is 18.4 Å². The van der Waals surface area contributed by atoms with E-state index in [-0.39, 0.29) is 28.5 Å². The van der Waals surface area contributed by atoms with Gasteiger partial charge in [-0.15, -0.1) is 0 Å². The lowest BCUT2D eigenvalue weighted by molar-refractivity contribution is -0.253.